The molecule has 98 valence electrons. The maximum absolute atomic E-state index is 10.6. The molecule has 0 spiro atoms. The summed E-state index contributed by atoms with van der Waals surface area (Å²) < 4.78 is 5.03. The van der Waals surface area contributed by atoms with Crippen molar-refractivity contribution in [3.63, 3.8) is 0 Å². The van der Waals surface area contributed by atoms with E-state index < -0.39 is 18.0 Å². The van der Waals surface area contributed by atoms with Crippen molar-refractivity contribution >= 4 is 12.0 Å². The van der Waals surface area contributed by atoms with Crippen molar-refractivity contribution in [2.45, 2.75) is 12.5 Å². The Balaban J connectivity index is 2.50. The van der Waals surface area contributed by atoms with Gasteiger partial charge in [0.1, 0.15) is 6.61 Å². The zero-order chi connectivity index (χ0) is 13.4. The monoisotopic (exact) mass is 252 g/mol. The number of rotatable bonds is 7. The fourth-order valence-electron chi connectivity index (χ4n) is 1.53. The minimum atomic E-state index is -1.13. The highest BCUT2D eigenvalue weighted by Crippen LogP contribution is 2.03. The number of carbonyl (C=O) groups excluding carboxylic acids is 1. The van der Waals surface area contributed by atoms with Gasteiger partial charge in [-0.3, -0.25) is 4.79 Å². The van der Waals surface area contributed by atoms with Crippen molar-refractivity contribution in [2.24, 2.45) is 5.73 Å². The van der Waals surface area contributed by atoms with Gasteiger partial charge in [-0.15, -0.1) is 0 Å². The molecule has 0 fully saturated rings. The topological polar surface area (TPSA) is 102 Å². The summed E-state index contributed by atoms with van der Waals surface area (Å²) in [5, 5.41) is 11.1. The molecule has 6 heteroatoms. The molecule has 1 atom stereocenters. The lowest BCUT2D eigenvalue weighted by Crippen LogP contribution is -2.39. The van der Waals surface area contributed by atoms with Crippen molar-refractivity contribution in [3.05, 3.63) is 35.9 Å². The molecule has 18 heavy (non-hydrogen) atoms. The van der Waals surface area contributed by atoms with Gasteiger partial charge in [-0.2, -0.15) is 0 Å². The van der Waals surface area contributed by atoms with E-state index in [1.54, 1.807) is 0 Å². The van der Waals surface area contributed by atoms with Gasteiger partial charge in [-0.1, -0.05) is 30.3 Å². The third kappa shape index (κ3) is 5.86. The summed E-state index contributed by atoms with van der Waals surface area (Å²) in [6.45, 7) is -0.114. The number of carboxylic acid groups (broad SMARTS) is 1. The van der Waals surface area contributed by atoms with Crippen molar-refractivity contribution in [3.8, 4) is 0 Å². The standard InChI is InChI=1S/C12H16N2O4/c13-11(15)8-18-7-10(14-12(16)17)6-9-4-2-1-3-5-9/h1-5,10,14H,6-8H2,(H2,13,15)(H,16,17). The number of primary amides is 1. The van der Waals surface area contributed by atoms with E-state index in [-0.39, 0.29) is 13.2 Å². The maximum atomic E-state index is 10.6. The van der Waals surface area contributed by atoms with Crippen LogP contribution in [0.15, 0.2) is 30.3 Å². The molecule has 2 amide bonds. The second-order valence-electron chi connectivity index (χ2n) is 3.82. The molecule has 0 saturated carbocycles. The fourth-order valence-corrected chi connectivity index (χ4v) is 1.53. The Labute approximate surface area is 105 Å². The van der Waals surface area contributed by atoms with Crippen molar-refractivity contribution in [1.29, 1.82) is 0 Å². The molecule has 1 unspecified atom stereocenters. The van der Waals surface area contributed by atoms with Crippen LogP contribution in [0.1, 0.15) is 5.56 Å². The molecule has 1 rings (SSSR count). The van der Waals surface area contributed by atoms with E-state index in [4.69, 9.17) is 15.6 Å². The third-order valence-corrected chi connectivity index (χ3v) is 2.22. The first kappa shape index (κ1) is 14.0. The smallest absolute Gasteiger partial charge is 0.404 e. The quantitative estimate of drug-likeness (QED) is 0.652. The van der Waals surface area contributed by atoms with Crippen LogP contribution in [0.25, 0.3) is 0 Å². The molecule has 0 radical (unpaired) electrons. The van der Waals surface area contributed by atoms with Gasteiger partial charge in [0.25, 0.3) is 0 Å². The highest BCUT2D eigenvalue weighted by molar-refractivity contribution is 5.75. The second-order valence-corrected chi connectivity index (χ2v) is 3.82. The molecule has 0 aromatic heterocycles. The van der Waals surface area contributed by atoms with Crippen LogP contribution in [0.4, 0.5) is 4.79 Å². The van der Waals surface area contributed by atoms with E-state index in [1.807, 2.05) is 30.3 Å². The van der Waals surface area contributed by atoms with Gasteiger partial charge in [0.05, 0.1) is 12.6 Å². The predicted octanol–water partition coefficient (Wildman–Crippen LogP) is 0.367. The number of nitrogens with one attached hydrogen (secondary N) is 1. The van der Waals surface area contributed by atoms with Crippen molar-refractivity contribution < 1.29 is 19.4 Å². The molecule has 0 aliphatic heterocycles. The van der Waals surface area contributed by atoms with Gasteiger partial charge in [0, 0.05) is 0 Å². The van der Waals surface area contributed by atoms with Gasteiger partial charge >= 0.3 is 6.09 Å². The molecular formula is C12H16N2O4. The van der Waals surface area contributed by atoms with Gasteiger partial charge in [-0.05, 0) is 12.0 Å². The highest BCUT2D eigenvalue weighted by atomic mass is 16.5. The van der Waals surface area contributed by atoms with Crippen LogP contribution in [0, 0.1) is 0 Å². The number of hydrogen-bond acceptors (Lipinski definition) is 3. The minimum absolute atomic E-state index is 0.101. The molecule has 0 bridgehead atoms. The molecule has 6 nitrogen and oxygen atoms in total. The number of ether oxygens (including phenoxy) is 1. The van der Waals surface area contributed by atoms with Gasteiger partial charge in [0.15, 0.2) is 0 Å². The van der Waals surface area contributed by atoms with E-state index in [9.17, 15) is 9.59 Å². The minimum Gasteiger partial charge on any atom is -0.465 e. The summed E-state index contributed by atoms with van der Waals surface area (Å²) in [4.78, 5) is 21.2. The Morgan fingerprint density at radius 2 is 2.00 bits per heavy atom. The zero-order valence-electron chi connectivity index (χ0n) is 9.83. The van der Waals surface area contributed by atoms with E-state index >= 15 is 0 Å². The molecule has 0 aliphatic rings. The van der Waals surface area contributed by atoms with Crippen molar-refractivity contribution in [2.75, 3.05) is 13.2 Å². The number of nitrogens with two attached hydrogens (primary N) is 1. The van der Waals surface area contributed by atoms with Crippen LogP contribution < -0.4 is 11.1 Å². The molecule has 1 aromatic carbocycles. The van der Waals surface area contributed by atoms with Gasteiger partial charge in [-0.25, -0.2) is 4.79 Å². The first-order valence-electron chi connectivity index (χ1n) is 5.47. The van der Waals surface area contributed by atoms with Crippen LogP contribution in [-0.4, -0.2) is 36.4 Å². The molecule has 4 N–H and O–H groups in total. The SMILES string of the molecule is NC(=O)COCC(Cc1ccccc1)NC(=O)O. The summed E-state index contributed by atoms with van der Waals surface area (Å²) in [5.74, 6) is -0.580. The fraction of sp³-hybridized carbons (Fsp3) is 0.333. The Morgan fingerprint density at radius 3 is 2.56 bits per heavy atom. The summed E-state index contributed by atoms with van der Waals surface area (Å²) in [7, 11) is 0. The Hall–Kier alpha value is -2.08. The predicted molar refractivity (Wildman–Crippen MR) is 65.1 cm³/mol. The van der Waals surface area contributed by atoms with Crippen LogP contribution >= 0.6 is 0 Å². The van der Waals surface area contributed by atoms with E-state index in [2.05, 4.69) is 5.32 Å². The Bertz CT molecular complexity index is 394. The number of amides is 2. The third-order valence-electron chi connectivity index (χ3n) is 2.22. The van der Waals surface area contributed by atoms with Crippen molar-refractivity contribution in [1.82, 2.24) is 5.32 Å². The van der Waals surface area contributed by atoms with Crippen LogP contribution in [0.2, 0.25) is 0 Å². The molecule has 0 aliphatic carbocycles. The van der Waals surface area contributed by atoms with Crippen LogP contribution in [0.5, 0.6) is 0 Å². The number of benzene rings is 1. The second kappa shape index (κ2) is 7.29. The normalized spacial score (nSPS) is 11.8. The summed E-state index contributed by atoms with van der Waals surface area (Å²) >= 11 is 0. The van der Waals surface area contributed by atoms with Crippen LogP contribution in [-0.2, 0) is 16.0 Å². The number of hydrogen-bond donors (Lipinski definition) is 3. The first-order chi connectivity index (χ1) is 8.58. The average molecular weight is 252 g/mol. The zero-order valence-corrected chi connectivity index (χ0v) is 9.83. The summed E-state index contributed by atoms with van der Waals surface area (Å²) in [6, 6.07) is 9.00. The number of carbonyl (C=O) groups is 2. The molecule has 0 heterocycles. The lowest BCUT2D eigenvalue weighted by Gasteiger charge is -2.16. The highest BCUT2D eigenvalue weighted by Gasteiger charge is 2.13. The molecular weight excluding hydrogens is 236 g/mol. The largest absolute Gasteiger partial charge is 0.465 e. The first-order valence-corrected chi connectivity index (χ1v) is 5.47. The summed E-state index contributed by atoms with van der Waals surface area (Å²) in [6.07, 6.45) is -0.634. The molecule has 1 aromatic rings. The average Bonchev–Trinajstić information content (AvgIpc) is 2.28. The lowest BCUT2D eigenvalue weighted by molar-refractivity contribution is -0.122. The lowest BCUT2D eigenvalue weighted by atomic mass is 10.1. The van der Waals surface area contributed by atoms with Gasteiger partial charge in [0.2, 0.25) is 5.91 Å². The van der Waals surface area contributed by atoms with Crippen LogP contribution in [0.3, 0.4) is 0 Å². The van der Waals surface area contributed by atoms with E-state index in [0.717, 1.165) is 5.56 Å². The van der Waals surface area contributed by atoms with E-state index in [1.165, 1.54) is 0 Å². The Morgan fingerprint density at radius 1 is 1.33 bits per heavy atom. The van der Waals surface area contributed by atoms with Gasteiger partial charge < -0.3 is 20.9 Å². The maximum Gasteiger partial charge on any atom is 0.404 e. The summed E-state index contributed by atoms with van der Waals surface area (Å²) in [5.41, 5.74) is 5.92. The Kier molecular flexibility index (Phi) is 5.66. The van der Waals surface area contributed by atoms with E-state index in [0.29, 0.717) is 6.42 Å². The molecule has 0 saturated heterocycles.